The Bertz CT molecular complexity index is 467. The van der Waals surface area contributed by atoms with E-state index in [9.17, 15) is 4.79 Å². The second kappa shape index (κ2) is 6.96. The van der Waals surface area contributed by atoms with Crippen LogP contribution in [0, 0.1) is 0 Å². The zero-order valence-electron chi connectivity index (χ0n) is 10.5. The zero-order chi connectivity index (χ0) is 13.8. The standard InChI is InChI=1S/C14H16BrCl2NO/c15-9-11-4-2-1-3-7-18(11)14(19)10-5-6-12(16)13(17)8-10/h5-6,8,11H,1-4,7,9H2. The molecule has 1 heterocycles. The van der Waals surface area contributed by atoms with Crippen LogP contribution in [0.25, 0.3) is 0 Å². The third-order valence-electron chi connectivity index (χ3n) is 3.48. The summed E-state index contributed by atoms with van der Waals surface area (Å²) in [5, 5.41) is 1.73. The van der Waals surface area contributed by atoms with Gasteiger partial charge in [-0.3, -0.25) is 4.79 Å². The van der Waals surface area contributed by atoms with E-state index in [4.69, 9.17) is 23.2 Å². The Morgan fingerprint density at radius 3 is 2.74 bits per heavy atom. The van der Waals surface area contributed by atoms with Gasteiger partial charge in [0.15, 0.2) is 0 Å². The summed E-state index contributed by atoms with van der Waals surface area (Å²) in [5.74, 6) is 0.0462. The lowest BCUT2D eigenvalue weighted by Crippen LogP contribution is -2.41. The van der Waals surface area contributed by atoms with Crippen molar-refractivity contribution in [2.45, 2.75) is 31.7 Å². The van der Waals surface area contributed by atoms with Crippen LogP contribution in [0.4, 0.5) is 0 Å². The van der Waals surface area contributed by atoms with Gasteiger partial charge in [0.1, 0.15) is 0 Å². The maximum Gasteiger partial charge on any atom is 0.254 e. The number of rotatable bonds is 2. The lowest BCUT2D eigenvalue weighted by atomic mass is 10.1. The molecule has 0 radical (unpaired) electrons. The summed E-state index contributed by atoms with van der Waals surface area (Å²) in [4.78, 5) is 14.5. The van der Waals surface area contributed by atoms with Crippen molar-refractivity contribution >= 4 is 45.0 Å². The van der Waals surface area contributed by atoms with Gasteiger partial charge < -0.3 is 4.90 Å². The van der Waals surface area contributed by atoms with Crippen molar-refractivity contribution in [3.8, 4) is 0 Å². The lowest BCUT2D eigenvalue weighted by molar-refractivity contribution is 0.0702. The second-order valence-corrected chi connectivity index (χ2v) is 6.25. The van der Waals surface area contributed by atoms with Crippen LogP contribution in [0.3, 0.4) is 0 Å². The third-order valence-corrected chi connectivity index (χ3v) is 4.97. The molecule has 1 atom stereocenters. The summed E-state index contributed by atoms with van der Waals surface area (Å²) in [6.45, 7) is 0.815. The number of hydrogen-bond acceptors (Lipinski definition) is 1. The maximum atomic E-state index is 12.6. The van der Waals surface area contributed by atoms with Crippen LogP contribution in [0.15, 0.2) is 18.2 Å². The Hall–Kier alpha value is -0.250. The molecular formula is C14H16BrCl2NO. The molecule has 2 nitrogen and oxygen atoms in total. The quantitative estimate of drug-likeness (QED) is 0.692. The molecule has 1 aliphatic heterocycles. The summed E-state index contributed by atoms with van der Waals surface area (Å²) >= 11 is 15.4. The number of amides is 1. The van der Waals surface area contributed by atoms with Gasteiger partial charge in [-0.2, -0.15) is 0 Å². The molecule has 0 aliphatic carbocycles. The Kier molecular flexibility index (Phi) is 5.55. The van der Waals surface area contributed by atoms with Gasteiger partial charge in [-0.15, -0.1) is 0 Å². The van der Waals surface area contributed by atoms with Gasteiger partial charge >= 0.3 is 0 Å². The average molecular weight is 365 g/mol. The fourth-order valence-corrected chi connectivity index (χ4v) is 3.37. The summed E-state index contributed by atoms with van der Waals surface area (Å²) in [6, 6.07) is 5.34. The number of hydrogen-bond donors (Lipinski definition) is 0. The molecule has 0 saturated carbocycles. The molecule has 1 saturated heterocycles. The molecule has 2 rings (SSSR count). The molecule has 1 unspecified atom stereocenters. The van der Waals surface area contributed by atoms with E-state index in [-0.39, 0.29) is 11.9 Å². The van der Waals surface area contributed by atoms with Crippen LogP contribution in [0.5, 0.6) is 0 Å². The highest BCUT2D eigenvalue weighted by atomic mass is 79.9. The van der Waals surface area contributed by atoms with Gasteiger partial charge in [0.05, 0.1) is 10.0 Å². The van der Waals surface area contributed by atoms with Gasteiger partial charge in [0.25, 0.3) is 5.91 Å². The fourth-order valence-electron chi connectivity index (χ4n) is 2.40. The summed E-state index contributed by atoms with van der Waals surface area (Å²) in [5.41, 5.74) is 0.613. The zero-order valence-corrected chi connectivity index (χ0v) is 13.6. The molecule has 0 spiro atoms. The largest absolute Gasteiger partial charge is 0.335 e. The topological polar surface area (TPSA) is 20.3 Å². The smallest absolute Gasteiger partial charge is 0.254 e. The predicted molar refractivity (Wildman–Crippen MR) is 83.5 cm³/mol. The van der Waals surface area contributed by atoms with Crippen molar-refractivity contribution in [1.29, 1.82) is 0 Å². The number of carbonyl (C=O) groups excluding carboxylic acids is 1. The molecule has 19 heavy (non-hydrogen) atoms. The van der Waals surface area contributed by atoms with Gasteiger partial charge in [0.2, 0.25) is 0 Å². The molecule has 1 aliphatic rings. The Balaban J connectivity index is 2.22. The normalized spacial score (nSPS) is 20.2. The highest BCUT2D eigenvalue weighted by Crippen LogP contribution is 2.25. The molecule has 1 aromatic rings. The second-order valence-electron chi connectivity index (χ2n) is 4.78. The number of likely N-dealkylation sites (tertiary alicyclic amines) is 1. The monoisotopic (exact) mass is 363 g/mol. The molecule has 1 amide bonds. The van der Waals surface area contributed by atoms with E-state index in [1.54, 1.807) is 18.2 Å². The molecule has 1 fully saturated rings. The van der Waals surface area contributed by atoms with Crippen LogP contribution in [0.1, 0.15) is 36.0 Å². The van der Waals surface area contributed by atoms with Crippen molar-refractivity contribution in [1.82, 2.24) is 4.90 Å². The Labute approximate surface area is 132 Å². The van der Waals surface area contributed by atoms with Crippen LogP contribution in [-0.2, 0) is 0 Å². The molecular weight excluding hydrogens is 349 g/mol. The van der Waals surface area contributed by atoms with Crippen LogP contribution >= 0.6 is 39.1 Å². The molecule has 0 bridgehead atoms. The van der Waals surface area contributed by atoms with Crippen LogP contribution in [0.2, 0.25) is 10.0 Å². The van der Waals surface area contributed by atoms with Crippen LogP contribution in [-0.4, -0.2) is 28.7 Å². The van der Waals surface area contributed by atoms with Crippen LogP contribution < -0.4 is 0 Å². The number of benzene rings is 1. The molecule has 5 heteroatoms. The fraction of sp³-hybridized carbons (Fsp3) is 0.500. The Morgan fingerprint density at radius 2 is 2.05 bits per heavy atom. The summed E-state index contributed by atoms with van der Waals surface area (Å²) in [7, 11) is 0. The summed E-state index contributed by atoms with van der Waals surface area (Å²) < 4.78 is 0. The van der Waals surface area contributed by atoms with E-state index in [1.165, 1.54) is 12.8 Å². The van der Waals surface area contributed by atoms with E-state index in [0.717, 1.165) is 24.7 Å². The molecule has 104 valence electrons. The first kappa shape index (κ1) is 15.1. The van der Waals surface area contributed by atoms with Gasteiger partial charge in [-0.25, -0.2) is 0 Å². The minimum absolute atomic E-state index is 0.0462. The molecule has 1 aromatic carbocycles. The highest BCUT2D eigenvalue weighted by Gasteiger charge is 2.25. The Morgan fingerprint density at radius 1 is 1.26 bits per heavy atom. The van der Waals surface area contributed by atoms with Crippen molar-refractivity contribution in [3.05, 3.63) is 33.8 Å². The molecule has 0 aromatic heterocycles. The number of carbonyl (C=O) groups is 1. The third kappa shape index (κ3) is 3.65. The minimum Gasteiger partial charge on any atom is -0.335 e. The number of halogens is 3. The number of alkyl halides is 1. The lowest BCUT2D eigenvalue weighted by Gasteiger charge is -2.29. The van der Waals surface area contributed by atoms with E-state index in [0.29, 0.717) is 15.6 Å². The average Bonchev–Trinajstić information content (AvgIpc) is 2.66. The van der Waals surface area contributed by atoms with Crippen molar-refractivity contribution < 1.29 is 4.79 Å². The first-order valence-corrected chi connectivity index (χ1v) is 8.33. The molecule has 0 N–H and O–H groups in total. The van der Waals surface area contributed by atoms with E-state index in [2.05, 4.69) is 15.9 Å². The van der Waals surface area contributed by atoms with E-state index >= 15 is 0 Å². The predicted octanol–water partition coefficient (Wildman–Crippen LogP) is 4.77. The first-order valence-electron chi connectivity index (χ1n) is 6.45. The van der Waals surface area contributed by atoms with Gasteiger partial charge in [-0.05, 0) is 31.0 Å². The van der Waals surface area contributed by atoms with Crippen molar-refractivity contribution in [2.75, 3.05) is 11.9 Å². The minimum atomic E-state index is 0.0462. The van der Waals surface area contributed by atoms with Crippen molar-refractivity contribution in [3.63, 3.8) is 0 Å². The highest BCUT2D eigenvalue weighted by molar-refractivity contribution is 9.09. The maximum absolute atomic E-state index is 12.6. The SMILES string of the molecule is O=C(c1ccc(Cl)c(Cl)c1)N1CCCCCC1CBr. The van der Waals surface area contributed by atoms with Crippen molar-refractivity contribution in [2.24, 2.45) is 0 Å². The van der Waals surface area contributed by atoms with E-state index < -0.39 is 0 Å². The van der Waals surface area contributed by atoms with Gasteiger partial charge in [-0.1, -0.05) is 52.0 Å². The van der Waals surface area contributed by atoms with E-state index in [1.807, 2.05) is 4.90 Å². The first-order chi connectivity index (χ1) is 9.13. The van der Waals surface area contributed by atoms with Gasteiger partial charge in [0, 0.05) is 23.5 Å². The summed E-state index contributed by atoms with van der Waals surface area (Å²) in [6.07, 6.45) is 4.49. The number of nitrogens with zero attached hydrogens (tertiary/aromatic N) is 1.